The Morgan fingerprint density at radius 3 is 2.69 bits per heavy atom. The predicted octanol–water partition coefficient (Wildman–Crippen LogP) is 2.07. The fourth-order valence-electron chi connectivity index (χ4n) is 1.45. The summed E-state index contributed by atoms with van der Waals surface area (Å²) in [7, 11) is 0. The summed E-state index contributed by atoms with van der Waals surface area (Å²) in [6.07, 6.45) is 3.20. The van der Waals surface area contributed by atoms with E-state index < -0.39 is 0 Å². The van der Waals surface area contributed by atoms with E-state index in [1.54, 1.807) is 0 Å². The Kier molecular flexibility index (Phi) is 2.08. The van der Waals surface area contributed by atoms with Crippen LogP contribution in [-0.4, -0.2) is 5.54 Å². The van der Waals surface area contributed by atoms with Crippen LogP contribution < -0.4 is 11.5 Å². The Labute approximate surface area is 86.4 Å². The number of nitrogens with two attached hydrogens (primary N) is 2. The molecule has 1 aliphatic carbocycles. The van der Waals surface area contributed by atoms with Crippen LogP contribution in [0.3, 0.4) is 0 Å². The first-order valence-electron chi connectivity index (χ1n) is 4.42. The number of hydrogen-bond acceptors (Lipinski definition) is 2. The average Bonchev–Trinajstić information content (AvgIpc) is 2.76. The molecule has 3 heteroatoms. The summed E-state index contributed by atoms with van der Waals surface area (Å²) >= 11 is 3.50. The largest absolute Gasteiger partial charge is 0.399 e. The topological polar surface area (TPSA) is 52.0 Å². The molecule has 0 unspecified atom stereocenters. The highest BCUT2D eigenvalue weighted by atomic mass is 79.9. The second kappa shape index (κ2) is 3.00. The first-order chi connectivity index (χ1) is 6.09. The standard InChI is InChI=1S/C10H13BrN2/c11-9-2-1-8(12)5-7(9)6-10(13)3-4-10/h1-2,5H,3-4,6,12-13H2. The van der Waals surface area contributed by atoms with Gasteiger partial charge in [-0.1, -0.05) is 15.9 Å². The van der Waals surface area contributed by atoms with Crippen molar-refractivity contribution in [2.45, 2.75) is 24.8 Å². The van der Waals surface area contributed by atoms with E-state index in [0.29, 0.717) is 0 Å². The lowest BCUT2D eigenvalue weighted by Crippen LogP contribution is -2.24. The van der Waals surface area contributed by atoms with Gasteiger partial charge in [-0.3, -0.25) is 0 Å². The molecule has 0 aromatic heterocycles. The number of benzene rings is 1. The van der Waals surface area contributed by atoms with Crippen molar-refractivity contribution in [3.63, 3.8) is 0 Å². The molecule has 0 amide bonds. The summed E-state index contributed by atoms with van der Waals surface area (Å²) < 4.78 is 1.11. The van der Waals surface area contributed by atoms with Crippen LogP contribution in [0.4, 0.5) is 5.69 Å². The average molecular weight is 241 g/mol. The van der Waals surface area contributed by atoms with E-state index in [2.05, 4.69) is 15.9 Å². The minimum atomic E-state index is 0.0519. The molecule has 1 aliphatic rings. The second-order valence-electron chi connectivity index (χ2n) is 3.89. The highest BCUT2D eigenvalue weighted by Gasteiger charge is 2.38. The molecule has 0 spiro atoms. The van der Waals surface area contributed by atoms with Crippen LogP contribution in [0.2, 0.25) is 0 Å². The molecular formula is C10H13BrN2. The lowest BCUT2D eigenvalue weighted by atomic mass is 10.0. The van der Waals surface area contributed by atoms with Gasteiger partial charge in [0.15, 0.2) is 0 Å². The molecule has 0 atom stereocenters. The molecule has 1 aromatic rings. The van der Waals surface area contributed by atoms with E-state index in [9.17, 15) is 0 Å². The molecule has 0 bridgehead atoms. The van der Waals surface area contributed by atoms with Crippen LogP contribution in [0, 0.1) is 0 Å². The fraction of sp³-hybridized carbons (Fsp3) is 0.400. The summed E-state index contributed by atoms with van der Waals surface area (Å²) in [5, 5.41) is 0. The monoisotopic (exact) mass is 240 g/mol. The van der Waals surface area contributed by atoms with Crippen molar-refractivity contribution in [2.24, 2.45) is 5.73 Å². The summed E-state index contributed by atoms with van der Waals surface area (Å²) in [5.41, 5.74) is 13.8. The lowest BCUT2D eigenvalue weighted by Gasteiger charge is -2.10. The molecule has 0 aliphatic heterocycles. The number of hydrogen-bond donors (Lipinski definition) is 2. The molecule has 0 heterocycles. The Morgan fingerprint density at radius 2 is 2.08 bits per heavy atom. The van der Waals surface area contributed by atoms with Gasteiger partial charge in [0.05, 0.1) is 0 Å². The van der Waals surface area contributed by atoms with Crippen LogP contribution in [0.25, 0.3) is 0 Å². The normalized spacial score (nSPS) is 18.6. The highest BCUT2D eigenvalue weighted by molar-refractivity contribution is 9.10. The Bertz CT molecular complexity index is 332. The third kappa shape index (κ3) is 2.03. The first kappa shape index (κ1) is 9.03. The number of anilines is 1. The van der Waals surface area contributed by atoms with Gasteiger partial charge in [-0.05, 0) is 43.0 Å². The van der Waals surface area contributed by atoms with E-state index >= 15 is 0 Å². The molecule has 1 aromatic carbocycles. The zero-order valence-electron chi connectivity index (χ0n) is 7.39. The van der Waals surface area contributed by atoms with Crippen LogP contribution >= 0.6 is 15.9 Å². The number of rotatable bonds is 2. The van der Waals surface area contributed by atoms with E-state index in [4.69, 9.17) is 11.5 Å². The van der Waals surface area contributed by atoms with E-state index in [0.717, 1.165) is 29.4 Å². The van der Waals surface area contributed by atoms with Crippen molar-refractivity contribution in [3.8, 4) is 0 Å². The lowest BCUT2D eigenvalue weighted by molar-refractivity contribution is 0.670. The summed E-state index contributed by atoms with van der Waals surface area (Å²) in [5.74, 6) is 0. The minimum Gasteiger partial charge on any atom is -0.399 e. The molecule has 2 rings (SSSR count). The predicted molar refractivity (Wildman–Crippen MR) is 58.4 cm³/mol. The zero-order chi connectivity index (χ0) is 9.47. The van der Waals surface area contributed by atoms with Crippen LogP contribution in [0.1, 0.15) is 18.4 Å². The Morgan fingerprint density at radius 1 is 1.38 bits per heavy atom. The quantitative estimate of drug-likeness (QED) is 0.778. The first-order valence-corrected chi connectivity index (χ1v) is 5.21. The van der Waals surface area contributed by atoms with Crippen molar-refractivity contribution in [3.05, 3.63) is 28.2 Å². The smallest absolute Gasteiger partial charge is 0.0317 e. The van der Waals surface area contributed by atoms with Crippen LogP contribution in [0.5, 0.6) is 0 Å². The van der Waals surface area contributed by atoms with Gasteiger partial charge >= 0.3 is 0 Å². The van der Waals surface area contributed by atoms with Crippen molar-refractivity contribution < 1.29 is 0 Å². The van der Waals surface area contributed by atoms with Gasteiger partial charge in [0.1, 0.15) is 0 Å². The van der Waals surface area contributed by atoms with Gasteiger partial charge < -0.3 is 11.5 Å². The fourth-order valence-corrected chi connectivity index (χ4v) is 1.83. The van der Waals surface area contributed by atoms with Crippen LogP contribution in [0.15, 0.2) is 22.7 Å². The van der Waals surface area contributed by atoms with Gasteiger partial charge in [0.25, 0.3) is 0 Å². The molecule has 0 saturated heterocycles. The van der Waals surface area contributed by atoms with Gasteiger partial charge in [-0.25, -0.2) is 0 Å². The van der Waals surface area contributed by atoms with Gasteiger partial charge in [0.2, 0.25) is 0 Å². The molecule has 70 valence electrons. The number of nitrogen functional groups attached to an aromatic ring is 1. The SMILES string of the molecule is Nc1ccc(Br)c(CC2(N)CC2)c1. The second-order valence-corrected chi connectivity index (χ2v) is 4.74. The molecule has 13 heavy (non-hydrogen) atoms. The van der Waals surface area contributed by atoms with E-state index in [1.165, 1.54) is 5.56 Å². The number of halogens is 1. The molecule has 0 radical (unpaired) electrons. The Balaban J connectivity index is 2.23. The third-order valence-corrected chi connectivity index (χ3v) is 3.28. The van der Waals surface area contributed by atoms with E-state index in [1.807, 2.05) is 18.2 Å². The summed E-state index contributed by atoms with van der Waals surface area (Å²) in [6, 6.07) is 5.87. The van der Waals surface area contributed by atoms with Gasteiger partial charge in [-0.15, -0.1) is 0 Å². The van der Waals surface area contributed by atoms with Crippen molar-refractivity contribution >= 4 is 21.6 Å². The molecule has 1 fully saturated rings. The molecular weight excluding hydrogens is 228 g/mol. The zero-order valence-corrected chi connectivity index (χ0v) is 8.97. The summed E-state index contributed by atoms with van der Waals surface area (Å²) in [4.78, 5) is 0. The van der Waals surface area contributed by atoms with Gasteiger partial charge in [0, 0.05) is 15.7 Å². The molecule has 1 saturated carbocycles. The molecule has 2 nitrogen and oxygen atoms in total. The third-order valence-electron chi connectivity index (χ3n) is 2.50. The van der Waals surface area contributed by atoms with Crippen molar-refractivity contribution in [1.29, 1.82) is 0 Å². The maximum Gasteiger partial charge on any atom is 0.0317 e. The van der Waals surface area contributed by atoms with Gasteiger partial charge in [-0.2, -0.15) is 0 Å². The van der Waals surface area contributed by atoms with Crippen molar-refractivity contribution in [2.75, 3.05) is 5.73 Å². The maximum absolute atomic E-state index is 6.04. The van der Waals surface area contributed by atoms with E-state index in [-0.39, 0.29) is 5.54 Å². The highest BCUT2D eigenvalue weighted by Crippen LogP contribution is 2.37. The maximum atomic E-state index is 6.04. The Hall–Kier alpha value is -0.540. The minimum absolute atomic E-state index is 0.0519. The van der Waals surface area contributed by atoms with Crippen LogP contribution in [-0.2, 0) is 6.42 Å². The van der Waals surface area contributed by atoms with Crippen molar-refractivity contribution in [1.82, 2.24) is 0 Å². The summed E-state index contributed by atoms with van der Waals surface area (Å²) in [6.45, 7) is 0. The molecule has 4 N–H and O–H groups in total.